The number of hydrogen-bond acceptors (Lipinski definition) is 0. The first-order valence-electron chi connectivity index (χ1n) is 12.8. The van der Waals surface area contributed by atoms with Crippen LogP contribution in [0.5, 0.6) is 0 Å². The van der Waals surface area contributed by atoms with E-state index in [1.54, 1.807) is 15.5 Å². The fraction of sp³-hybridized carbons (Fsp3) is 0.741. The molecule has 0 aliphatic rings. The zero-order valence-corrected chi connectivity index (χ0v) is 30.2. The van der Waals surface area contributed by atoms with Crippen molar-refractivity contribution in [3.63, 3.8) is 0 Å². The van der Waals surface area contributed by atoms with Crippen LogP contribution in [0.15, 0.2) is 18.5 Å². The van der Waals surface area contributed by atoms with Gasteiger partial charge in [-0.05, 0) is 0 Å². The fourth-order valence-electron chi connectivity index (χ4n) is 5.31. The predicted octanol–water partition coefficient (Wildman–Crippen LogP) is 9.28. The van der Waals surface area contributed by atoms with Crippen molar-refractivity contribution in [3.8, 4) is 0 Å². The first-order chi connectivity index (χ1) is 16.9. The topological polar surface area (TPSA) is 8.81 Å². The molecule has 0 saturated heterocycles. The van der Waals surface area contributed by atoms with Crippen LogP contribution in [0.2, 0.25) is 0 Å². The van der Waals surface area contributed by atoms with Gasteiger partial charge in [-0.1, -0.05) is 0 Å². The standard InChI is InChI=1S/C27H43F6N2P2Se2/c1-22(2,3)36(38,23(4,5)6)16-34-15-35(17-37(39,24(7,8)9)25(10,11)12)21-14-19(27(31,32)33)18(13-20(21)34)26(28,29)30/h13-15H,16-17H2,1-12H3/q+1. The molecule has 224 valence electrons. The first-order valence-corrected chi connectivity index (χ1v) is 21.2. The molecule has 1 aromatic heterocycles. The van der Waals surface area contributed by atoms with E-state index in [9.17, 15) is 26.3 Å². The molecule has 0 bridgehead atoms. The zero-order chi connectivity index (χ0) is 31.0. The van der Waals surface area contributed by atoms with Crippen molar-refractivity contribution in [2.75, 3.05) is 0 Å². The molecule has 0 saturated carbocycles. The summed E-state index contributed by atoms with van der Waals surface area (Å²) in [5.74, 6) is 0. The maximum atomic E-state index is 14.0. The second kappa shape index (κ2) is 10.4. The monoisotopic (exact) mass is 731 g/mol. The summed E-state index contributed by atoms with van der Waals surface area (Å²) in [5, 5.41) is -0.787. The molecule has 0 aliphatic carbocycles. The van der Waals surface area contributed by atoms with Crippen LogP contribution < -0.4 is 4.57 Å². The van der Waals surface area contributed by atoms with E-state index in [2.05, 4.69) is 113 Å². The van der Waals surface area contributed by atoms with Gasteiger partial charge in [0.2, 0.25) is 0 Å². The number of halogens is 6. The SMILES string of the molecule is CC(C)(C)P(=[Se])(Cn1c[n+](CP(=[Se])(C(C)(C)C)C(C)(C)C)c2cc(C(F)(F)F)c(C(F)(F)F)cc21)C(C)(C)C. The van der Waals surface area contributed by atoms with Crippen LogP contribution in [0.1, 0.15) is 94.2 Å². The van der Waals surface area contributed by atoms with E-state index in [0.29, 0.717) is 24.7 Å². The van der Waals surface area contributed by atoms with E-state index in [0.717, 1.165) is 0 Å². The van der Waals surface area contributed by atoms with Gasteiger partial charge in [0, 0.05) is 0 Å². The quantitative estimate of drug-likeness (QED) is 0.129. The fourth-order valence-corrected chi connectivity index (χ4v) is 13.9. The van der Waals surface area contributed by atoms with Crippen molar-refractivity contribution in [2.45, 2.75) is 129 Å². The molecular formula is C27H43F6N2P2Se2+. The minimum absolute atomic E-state index is 0.165. The molecule has 0 unspecified atom stereocenters. The van der Waals surface area contributed by atoms with Gasteiger partial charge in [-0.25, -0.2) is 0 Å². The summed E-state index contributed by atoms with van der Waals surface area (Å²) in [7, 11) is 0. The molecule has 0 spiro atoms. The Morgan fingerprint density at radius 3 is 1.33 bits per heavy atom. The number of rotatable bonds is 4. The van der Waals surface area contributed by atoms with Crippen LogP contribution in [0.4, 0.5) is 26.3 Å². The minimum atomic E-state index is -5.15. The Hall–Kier alpha value is 0.169. The van der Waals surface area contributed by atoms with Gasteiger partial charge < -0.3 is 0 Å². The average Bonchev–Trinajstić information content (AvgIpc) is 2.98. The maximum absolute atomic E-state index is 14.0. The van der Waals surface area contributed by atoms with Crippen LogP contribution >= 0.6 is 11.0 Å². The average molecular weight is 730 g/mol. The number of nitrogens with zero attached hydrogens (tertiary/aromatic N) is 2. The summed E-state index contributed by atoms with van der Waals surface area (Å²) in [6.45, 7) is 25.4. The van der Waals surface area contributed by atoms with Crippen LogP contribution in [-0.2, 0) is 24.9 Å². The third-order valence-electron chi connectivity index (χ3n) is 7.66. The summed E-state index contributed by atoms with van der Waals surface area (Å²) in [4.78, 5) is 0. The van der Waals surface area contributed by atoms with Gasteiger partial charge in [-0.3, -0.25) is 0 Å². The van der Waals surface area contributed by atoms with Gasteiger partial charge in [0.15, 0.2) is 0 Å². The van der Waals surface area contributed by atoms with Crippen LogP contribution in [-0.4, -0.2) is 55.4 Å². The van der Waals surface area contributed by atoms with Crippen molar-refractivity contribution in [1.82, 2.24) is 4.57 Å². The summed E-state index contributed by atoms with van der Waals surface area (Å²) in [6.07, 6.45) is -7.75. The Morgan fingerprint density at radius 2 is 1.00 bits per heavy atom. The van der Waals surface area contributed by atoms with E-state index in [1.807, 2.05) is 0 Å². The molecule has 0 atom stereocenters. The number of imidazole rings is 1. The molecule has 0 aliphatic heterocycles. The van der Waals surface area contributed by atoms with Gasteiger partial charge >= 0.3 is 246 Å². The van der Waals surface area contributed by atoms with Gasteiger partial charge in [-0.15, -0.1) is 0 Å². The molecule has 2 rings (SSSR count). The Balaban J connectivity index is 3.09. The van der Waals surface area contributed by atoms with Gasteiger partial charge in [-0.2, -0.15) is 0 Å². The van der Waals surface area contributed by atoms with Crippen LogP contribution in [0.25, 0.3) is 11.0 Å². The Labute approximate surface area is 245 Å². The molecule has 0 radical (unpaired) electrons. The molecule has 39 heavy (non-hydrogen) atoms. The second-order valence-electron chi connectivity index (χ2n) is 14.4. The van der Waals surface area contributed by atoms with Crippen LogP contribution in [0, 0.1) is 0 Å². The first kappa shape index (κ1) is 35.4. The predicted molar refractivity (Wildman–Crippen MR) is 156 cm³/mol. The molecule has 0 amide bonds. The third-order valence-corrected chi connectivity index (χ3v) is 33.0. The molecule has 12 heteroatoms. The molecule has 1 aromatic carbocycles. The molecule has 0 N–H and O–H groups in total. The number of hydrogen-bond donors (Lipinski definition) is 0. The summed E-state index contributed by atoms with van der Waals surface area (Å²) < 4.78 is 87.7. The molecular weight excluding hydrogens is 686 g/mol. The van der Waals surface area contributed by atoms with Crippen LogP contribution in [0.3, 0.4) is 0 Å². The molecule has 0 fully saturated rings. The second-order valence-corrected chi connectivity index (χ2v) is 31.1. The van der Waals surface area contributed by atoms with Crippen molar-refractivity contribution in [2.24, 2.45) is 0 Å². The molecule has 1 heterocycles. The Kier molecular flexibility index (Phi) is 9.44. The van der Waals surface area contributed by atoms with Gasteiger partial charge in [0.1, 0.15) is 0 Å². The third kappa shape index (κ3) is 6.72. The Bertz CT molecular complexity index is 1190. The number of benzene rings is 1. The van der Waals surface area contributed by atoms with E-state index < -0.39 is 34.5 Å². The molecule has 2 aromatic rings. The number of aromatic nitrogens is 2. The number of alkyl halides is 6. The number of fused-ring (bicyclic) bond motifs is 1. The van der Waals surface area contributed by atoms with Crippen molar-refractivity contribution in [3.05, 3.63) is 29.6 Å². The molecule has 2 nitrogen and oxygen atoms in total. The zero-order valence-electron chi connectivity index (χ0n) is 25.0. The van der Waals surface area contributed by atoms with Crippen molar-refractivity contribution >= 4 is 52.2 Å². The van der Waals surface area contributed by atoms with Crippen molar-refractivity contribution in [1.29, 1.82) is 0 Å². The van der Waals surface area contributed by atoms with E-state index in [1.165, 1.54) is 0 Å². The Morgan fingerprint density at radius 1 is 0.641 bits per heavy atom. The van der Waals surface area contributed by atoms with E-state index in [4.69, 9.17) is 0 Å². The normalized spacial score (nSPS) is 15.3. The summed E-state index contributed by atoms with van der Waals surface area (Å²) in [5.41, 5.74) is -7.06. The summed E-state index contributed by atoms with van der Waals surface area (Å²) in [6, 6.07) is 1.41. The van der Waals surface area contributed by atoms with E-state index >= 15 is 0 Å². The van der Waals surface area contributed by atoms with Gasteiger partial charge in [0.05, 0.1) is 0 Å². The van der Waals surface area contributed by atoms with E-state index in [-0.39, 0.29) is 31.7 Å². The van der Waals surface area contributed by atoms with Crippen molar-refractivity contribution < 1.29 is 30.9 Å². The summed E-state index contributed by atoms with van der Waals surface area (Å²) >= 11 is 6.90. The van der Waals surface area contributed by atoms with Gasteiger partial charge in [0.25, 0.3) is 0 Å².